The van der Waals surface area contributed by atoms with Crippen LogP contribution >= 0.6 is 11.3 Å². The molecule has 5 heteroatoms. The average Bonchev–Trinajstić information content (AvgIpc) is 2.56. The molecule has 1 atom stereocenters. The molecule has 1 aliphatic rings. The Bertz CT molecular complexity index is 344. The zero-order valence-electron chi connectivity index (χ0n) is 7.07. The average molecular weight is 195 g/mol. The lowest BCUT2D eigenvalue weighted by Crippen LogP contribution is -2.48. The molecular formula is C8H9N3OS. The summed E-state index contributed by atoms with van der Waals surface area (Å²) in [5.41, 5.74) is 3.28. The monoisotopic (exact) mass is 195 g/mol. The minimum Gasteiger partial charge on any atom is -0.328 e. The van der Waals surface area contributed by atoms with Crippen molar-refractivity contribution in [3.05, 3.63) is 22.4 Å². The van der Waals surface area contributed by atoms with Gasteiger partial charge in [0.05, 0.1) is 10.9 Å². The van der Waals surface area contributed by atoms with Gasteiger partial charge in [-0.3, -0.25) is 0 Å². The van der Waals surface area contributed by atoms with E-state index >= 15 is 0 Å². The maximum atomic E-state index is 10.9. The molecule has 0 bridgehead atoms. The fraction of sp³-hybridized carbons (Fsp3) is 0.250. The first-order valence-electron chi connectivity index (χ1n) is 3.95. The van der Waals surface area contributed by atoms with Crippen LogP contribution < -0.4 is 10.7 Å². The summed E-state index contributed by atoms with van der Waals surface area (Å²) in [7, 11) is 0. The van der Waals surface area contributed by atoms with Gasteiger partial charge in [-0.05, 0) is 18.4 Å². The molecule has 1 aromatic rings. The van der Waals surface area contributed by atoms with E-state index in [1.165, 1.54) is 0 Å². The quantitative estimate of drug-likeness (QED) is 0.694. The van der Waals surface area contributed by atoms with E-state index in [-0.39, 0.29) is 12.1 Å². The van der Waals surface area contributed by atoms with E-state index in [0.717, 1.165) is 10.6 Å². The molecule has 0 spiro atoms. The number of carbonyl (C=O) groups excluding carboxylic acids is 1. The summed E-state index contributed by atoms with van der Waals surface area (Å²) in [6.07, 6.45) is 0. The van der Waals surface area contributed by atoms with E-state index in [1.807, 2.05) is 24.4 Å². The summed E-state index contributed by atoms with van der Waals surface area (Å²) in [6, 6.07) is 3.69. The molecule has 2 amide bonds. The molecule has 2 rings (SSSR count). The summed E-state index contributed by atoms with van der Waals surface area (Å²) >= 11 is 1.61. The molecule has 1 aliphatic heterocycles. The van der Waals surface area contributed by atoms with Crippen molar-refractivity contribution >= 4 is 23.1 Å². The van der Waals surface area contributed by atoms with Gasteiger partial charge in [0.1, 0.15) is 5.71 Å². The smallest absolute Gasteiger partial charge is 0.328 e. The second-order valence-corrected chi connectivity index (χ2v) is 3.73. The molecule has 0 saturated carbocycles. The number of amides is 2. The molecule has 1 aromatic heterocycles. The van der Waals surface area contributed by atoms with Crippen LogP contribution in [0.3, 0.4) is 0 Å². The molecule has 4 nitrogen and oxygen atoms in total. The van der Waals surface area contributed by atoms with Crippen molar-refractivity contribution in [1.29, 1.82) is 0 Å². The van der Waals surface area contributed by atoms with Gasteiger partial charge in [0.2, 0.25) is 0 Å². The second-order valence-electron chi connectivity index (χ2n) is 2.78. The Labute approximate surface area is 79.7 Å². The Hall–Kier alpha value is -1.36. The Morgan fingerprint density at radius 2 is 2.46 bits per heavy atom. The Kier molecular flexibility index (Phi) is 2.02. The highest BCUT2D eigenvalue weighted by Gasteiger charge is 2.20. The van der Waals surface area contributed by atoms with Crippen LogP contribution in [0.1, 0.15) is 11.8 Å². The van der Waals surface area contributed by atoms with Crippen LogP contribution in [0.25, 0.3) is 0 Å². The minimum atomic E-state index is -0.243. The third-order valence-corrected chi connectivity index (χ3v) is 2.70. The van der Waals surface area contributed by atoms with Crippen molar-refractivity contribution in [3.8, 4) is 0 Å². The van der Waals surface area contributed by atoms with Crippen LogP contribution in [0.15, 0.2) is 22.6 Å². The number of nitrogens with zero attached hydrogens (tertiary/aromatic N) is 1. The lowest BCUT2D eigenvalue weighted by atomic mass is 10.1. The molecule has 1 unspecified atom stereocenters. The first-order valence-corrected chi connectivity index (χ1v) is 4.83. The van der Waals surface area contributed by atoms with Gasteiger partial charge in [0.25, 0.3) is 0 Å². The summed E-state index contributed by atoms with van der Waals surface area (Å²) in [5, 5.41) is 8.73. The molecule has 0 fully saturated rings. The van der Waals surface area contributed by atoms with Gasteiger partial charge in [0, 0.05) is 0 Å². The van der Waals surface area contributed by atoms with E-state index in [2.05, 4.69) is 15.8 Å². The van der Waals surface area contributed by atoms with Crippen molar-refractivity contribution in [2.24, 2.45) is 5.10 Å². The predicted molar refractivity (Wildman–Crippen MR) is 52.0 cm³/mol. The van der Waals surface area contributed by atoms with Gasteiger partial charge in [-0.25, -0.2) is 10.2 Å². The van der Waals surface area contributed by atoms with E-state index < -0.39 is 0 Å². The Balaban J connectivity index is 2.29. The molecule has 2 N–H and O–H groups in total. The number of urea groups is 1. The van der Waals surface area contributed by atoms with E-state index in [9.17, 15) is 4.79 Å². The SMILES string of the molecule is CC1NC(=O)NN=C1c1cccs1. The maximum absolute atomic E-state index is 10.9. The van der Waals surface area contributed by atoms with Gasteiger partial charge in [-0.2, -0.15) is 5.10 Å². The Morgan fingerprint density at radius 3 is 3.08 bits per heavy atom. The third kappa shape index (κ3) is 1.55. The van der Waals surface area contributed by atoms with Crippen LogP contribution in [0.5, 0.6) is 0 Å². The van der Waals surface area contributed by atoms with Crippen molar-refractivity contribution in [3.63, 3.8) is 0 Å². The molecule has 0 radical (unpaired) electrons. The normalized spacial score (nSPS) is 21.8. The number of carbonyl (C=O) groups is 1. The fourth-order valence-corrected chi connectivity index (χ4v) is 2.00. The van der Waals surface area contributed by atoms with Crippen molar-refractivity contribution in [2.75, 3.05) is 0 Å². The molecule has 0 aliphatic carbocycles. The minimum absolute atomic E-state index is 0.0209. The van der Waals surface area contributed by atoms with Crippen LogP contribution in [-0.2, 0) is 0 Å². The van der Waals surface area contributed by atoms with Gasteiger partial charge in [-0.15, -0.1) is 11.3 Å². The lowest BCUT2D eigenvalue weighted by molar-refractivity contribution is 0.239. The van der Waals surface area contributed by atoms with E-state index in [4.69, 9.17) is 0 Å². The van der Waals surface area contributed by atoms with Crippen molar-refractivity contribution in [2.45, 2.75) is 13.0 Å². The Morgan fingerprint density at radius 1 is 1.62 bits per heavy atom. The zero-order valence-corrected chi connectivity index (χ0v) is 7.89. The highest BCUT2D eigenvalue weighted by Crippen LogP contribution is 2.13. The third-order valence-electron chi connectivity index (χ3n) is 1.81. The van der Waals surface area contributed by atoms with Gasteiger partial charge >= 0.3 is 6.03 Å². The standard InChI is InChI=1S/C8H9N3OS/c1-5-7(6-3-2-4-13-6)10-11-8(12)9-5/h2-5H,1H3,(H2,9,11,12). The lowest BCUT2D eigenvalue weighted by Gasteiger charge is -2.19. The molecule has 68 valence electrons. The van der Waals surface area contributed by atoms with Crippen molar-refractivity contribution in [1.82, 2.24) is 10.7 Å². The molecule has 13 heavy (non-hydrogen) atoms. The first kappa shape index (κ1) is 8.25. The number of thiophene rings is 1. The van der Waals surface area contributed by atoms with Gasteiger partial charge in [-0.1, -0.05) is 6.07 Å². The predicted octanol–water partition coefficient (Wildman–Crippen LogP) is 1.15. The molecular weight excluding hydrogens is 186 g/mol. The summed E-state index contributed by atoms with van der Waals surface area (Å²) in [4.78, 5) is 11.9. The van der Waals surface area contributed by atoms with Crippen molar-refractivity contribution < 1.29 is 4.79 Å². The first-order chi connectivity index (χ1) is 6.27. The largest absolute Gasteiger partial charge is 0.335 e. The number of hydrogen-bond acceptors (Lipinski definition) is 3. The van der Waals surface area contributed by atoms with E-state index in [1.54, 1.807) is 11.3 Å². The summed E-state index contributed by atoms with van der Waals surface area (Å²) < 4.78 is 0. The molecule has 0 saturated heterocycles. The van der Waals surface area contributed by atoms with E-state index in [0.29, 0.717) is 0 Å². The topological polar surface area (TPSA) is 53.5 Å². The number of hydrogen-bond donors (Lipinski definition) is 2. The highest BCUT2D eigenvalue weighted by atomic mass is 32.1. The van der Waals surface area contributed by atoms with Crippen LogP contribution in [0, 0.1) is 0 Å². The zero-order chi connectivity index (χ0) is 9.26. The molecule has 2 heterocycles. The maximum Gasteiger partial charge on any atom is 0.335 e. The summed E-state index contributed by atoms with van der Waals surface area (Å²) in [6.45, 7) is 1.91. The molecule has 0 aromatic carbocycles. The van der Waals surface area contributed by atoms with Crippen LogP contribution in [0.4, 0.5) is 4.79 Å². The van der Waals surface area contributed by atoms with Crippen LogP contribution in [0.2, 0.25) is 0 Å². The number of rotatable bonds is 1. The second kappa shape index (κ2) is 3.18. The van der Waals surface area contributed by atoms with Gasteiger partial charge < -0.3 is 5.32 Å². The fourth-order valence-electron chi connectivity index (χ4n) is 1.20. The number of hydrazone groups is 1. The summed E-state index contributed by atoms with van der Waals surface area (Å²) in [5.74, 6) is 0. The highest BCUT2D eigenvalue weighted by molar-refractivity contribution is 7.12. The van der Waals surface area contributed by atoms with Gasteiger partial charge in [0.15, 0.2) is 0 Å². The van der Waals surface area contributed by atoms with Crippen LogP contribution in [-0.4, -0.2) is 17.8 Å². The number of nitrogens with one attached hydrogen (secondary N) is 2.